The van der Waals surface area contributed by atoms with E-state index in [1.54, 1.807) is 11.6 Å². The minimum Gasteiger partial charge on any atom is -0.476 e. The van der Waals surface area contributed by atoms with Gasteiger partial charge in [0.05, 0.1) is 12.2 Å². The first-order valence-corrected chi connectivity index (χ1v) is 6.14. The van der Waals surface area contributed by atoms with Gasteiger partial charge < -0.3 is 9.67 Å². The zero-order chi connectivity index (χ0) is 12.4. The highest BCUT2D eigenvalue weighted by atomic mass is 32.1. The molecule has 6 heteroatoms. The lowest BCUT2D eigenvalue weighted by molar-refractivity contribution is 0.0696. The van der Waals surface area contributed by atoms with E-state index in [2.05, 4.69) is 23.8 Å². The zero-order valence-electron chi connectivity index (χ0n) is 9.62. The molecule has 2 rings (SSSR count). The lowest BCUT2D eigenvalue weighted by Crippen LogP contribution is -2.06. The Morgan fingerprint density at radius 2 is 2.35 bits per heavy atom. The summed E-state index contributed by atoms with van der Waals surface area (Å²) in [6, 6.07) is 0. The second-order valence-corrected chi connectivity index (χ2v) is 4.88. The molecule has 0 bridgehead atoms. The second kappa shape index (κ2) is 4.67. The van der Waals surface area contributed by atoms with Crippen molar-refractivity contribution in [1.82, 2.24) is 14.5 Å². The molecule has 0 saturated carbocycles. The smallest absolute Gasteiger partial charge is 0.365 e. The average molecular weight is 251 g/mol. The van der Waals surface area contributed by atoms with Crippen molar-refractivity contribution in [3.8, 4) is 0 Å². The Morgan fingerprint density at radius 3 is 2.94 bits per heavy atom. The largest absolute Gasteiger partial charge is 0.476 e. The third-order valence-corrected chi connectivity index (χ3v) is 3.21. The minimum absolute atomic E-state index is 0.131. The predicted octanol–water partition coefficient (Wildman–Crippen LogP) is 2.21. The van der Waals surface area contributed by atoms with E-state index >= 15 is 0 Å². The van der Waals surface area contributed by atoms with Crippen molar-refractivity contribution in [1.29, 1.82) is 0 Å². The highest BCUT2D eigenvalue weighted by molar-refractivity contribution is 7.11. The van der Waals surface area contributed by atoms with Crippen molar-refractivity contribution in [3.63, 3.8) is 0 Å². The van der Waals surface area contributed by atoms with Crippen LogP contribution in [0.25, 0.3) is 0 Å². The second-order valence-electron chi connectivity index (χ2n) is 4.02. The molecule has 0 fully saturated rings. The maximum Gasteiger partial charge on any atom is 0.365 e. The number of hydrogen-bond donors (Lipinski definition) is 1. The number of nitrogens with zero attached hydrogens (tertiary/aromatic N) is 3. The fraction of sp³-hybridized carbons (Fsp3) is 0.364. The van der Waals surface area contributed by atoms with Crippen LogP contribution in [0.2, 0.25) is 0 Å². The van der Waals surface area contributed by atoms with E-state index in [-0.39, 0.29) is 5.01 Å². The van der Waals surface area contributed by atoms with Crippen LogP contribution in [0.3, 0.4) is 0 Å². The van der Waals surface area contributed by atoms with Gasteiger partial charge in [-0.15, -0.1) is 11.3 Å². The Balaban J connectivity index is 2.19. The van der Waals surface area contributed by atoms with E-state index in [9.17, 15) is 4.79 Å². The summed E-state index contributed by atoms with van der Waals surface area (Å²) in [6.45, 7) is 4.71. The molecule has 0 aliphatic rings. The van der Waals surface area contributed by atoms with Crippen LogP contribution in [0.15, 0.2) is 17.8 Å². The number of aromatic carboxylic acids is 1. The molecule has 0 unspecified atom stereocenters. The van der Waals surface area contributed by atoms with E-state index in [1.165, 1.54) is 0 Å². The normalized spacial score (nSPS) is 11.0. The molecule has 5 nitrogen and oxygen atoms in total. The van der Waals surface area contributed by atoms with Gasteiger partial charge in [0.15, 0.2) is 0 Å². The molecule has 0 aliphatic heterocycles. The summed E-state index contributed by atoms with van der Waals surface area (Å²) in [5, 5.41) is 10.7. The number of imidazole rings is 1. The minimum atomic E-state index is -0.976. The lowest BCUT2D eigenvalue weighted by atomic mass is 10.2. The van der Waals surface area contributed by atoms with Gasteiger partial charge in [0.2, 0.25) is 5.01 Å². The van der Waals surface area contributed by atoms with Crippen LogP contribution in [0.4, 0.5) is 0 Å². The van der Waals surface area contributed by atoms with E-state index in [1.807, 2.05) is 10.8 Å². The molecule has 17 heavy (non-hydrogen) atoms. The Hall–Kier alpha value is -1.69. The monoisotopic (exact) mass is 251 g/mol. The number of carboxylic acid groups (broad SMARTS) is 1. The molecule has 0 atom stereocenters. The van der Waals surface area contributed by atoms with Crippen LogP contribution in [-0.4, -0.2) is 25.6 Å². The topological polar surface area (TPSA) is 68.0 Å². The van der Waals surface area contributed by atoms with Gasteiger partial charge in [-0.1, -0.05) is 13.8 Å². The highest BCUT2D eigenvalue weighted by Crippen LogP contribution is 2.15. The van der Waals surface area contributed by atoms with Crippen LogP contribution in [0.5, 0.6) is 0 Å². The predicted molar refractivity (Wildman–Crippen MR) is 64.5 cm³/mol. The molecule has 0 radical (unpaired) electrons. The van der Waals surface area contributed by atoms with E-state index < -0.39 is 5.97 Å². The van der Waals surface area contributed by atoms with Gasteiger partial charge in [-0.25, -0.2) is 14.8 Å². The molecule has 0 saturated heterocycles. The number of thiazole rings is 1. The molecule has 0 aromatic carbocycles. The standard InChI is InChI=1S/C11H13N3O2S/c1-7(2)9-12-3-4-14(9)5-8-6-17-10(13-8)11(15)16/h3-4,6-7H,5H2,1-2H3,(H,15,16). The maximum absolute atomic E-state index is 10.7. The van der Waals surface area contributed by atoms with Crippen LogP contribution < -0.4 is 0 Å². The molecule has 0 aliphatic carbocycles. The Morgan fingerprint density at radius 1 is 1.59 bits per heavy atom. The molecule has 0 amide bonds. The van der Waals surface area contributed by atoms with Crippen molar-refractivity contribution >= 4 is 17.3 Å². The number of aromatic nitrogens is 3. The van der Waals surface area contributed by atoms with Gasteiger partial charge in [0.1, 0.15) is 5.82 Å². The van der Waals surface area contributed by atoms with Gasteiger partial charge in [0.25, 0.3) is 0 Å². The van der Waals surface area contributed by atoms with E-state index in [0.717, 1.165) is 22.9 Å². The van der Waals surface area contributed by atoms with Crippen molar-refractivity contribution in [2.75, 3.05) is 0 Å². The van der Waals surface area contributed by atoms with Gasteiger partial charge in [-0.2, -0.15) is 0 Å². The van der Waals surface area contributed by atoms with Crippen LogP contribution in [-0.2, 0) is 6.54 Å². The van der Waals surface area contributed by atoms with Gasteiger partial charge in [-0.3, -0.25) is 0 Å². The lowest BCUT2D eigenvalue weighted by Gasteiger charge is -2.08. The third kappa shape index (κ3) is 2.52. The number of hydrogen-bond acceptors (Lipinski definition) is 4. The first kappa shape index (κ1) is 11.8. The summed E-state index contributed by atoms with van der Waals surface area (Å²) in [5.74, 6) is 0.341. The first-order valence-electron chi connectivity index (χ1n) is 5.26. The van der Waals surface area contributed by atoms with Crippen molar-refractivity contribution < 1.29 is 9.90 Å². The fourth-order valence-corrected chi connectivity index (χ4v) is 2.25. The number of rotatable bonds is 4. The molecule has 1 N–H and O–H groups in total. The van der Waals surface area contributed by atoms with E-state index in [0.29, 0.717) is 12.5 Å². The molecular weight excluding hydrogens is 238 g/mol. The summed E-state index contributed by atoms with van der Waals surface area (Å²) in [6.07, 6.45) is 3.63. The van der Waals surface area contributed by atoms with Gasteiger partial charge in [0, 0.05) is 23.7 Å². The highest BCUT2D eigenvalue weighted by Gasteiger charge is 2.11. The first-order chi connectivity index (χ1) is 8.08. The fourth-order valence-electron chi connectivity index (χ4n) is 1.61. The van der Waals surface area contributed by atoms with Crippen LogP contribution >= 0.6 is 11.3 Å². The molecule has 2 aromatic rings. The number of carboxylic acids is 1. The molecule has 2 aromatic heterocycles. The Labute approximate surface area is 103 Å². The van der Waals surface area contributed by atoms with E-state index in [4.69, 9.17) is 5.11 Å². The zero-order valence-corrected chi connectivity index (χ0v) is 10.4. The molecule has 90 valence electrons. The summed E-state index contributed by atoms with van der Waals surface area (Å²) in [7, 11) is 0. The molecule has 2 heterocycles. The summed E-state index contributed by atoms with van der Waals surface area (Å²) in [5.41, 5.74) is 0.757. The van der Waals surface area contributed by atoms with Crippen molar-refractivity contribution in [2.24, 2.45) is 0 Å². The Bertz CT molecular complexity index is 530. The Kier molecular flexibility index (Phi) is 3.23. The van der Waals surface area contributed by atoms with Crippen LogP contribution in [0, 0.1) is 0 Å². The summed E-state index contributed by atoms with van der Waals surface area (Å²) >= 11 is 1.15. The van der Waals surface area contributed by atoms with Gasteiger partial charge >= 0.3 is 5.97 Å². The third-order valence-electron chi connectivity index (χ3n) is 2.33. The molecular formula is C11H13N3O2S. The van der Waals surface area contributed by atoms with Crippen LogP contribution in [0.1, 0.15) is 41.1 Å². The molecule has 0 spiro atoms. The van der Waals surface area contributed by atoms with Crippen molar-refractivity contribution in [2.45, 2.75) is 26.3 Å². The summed E-state index contributed by atoms with van der Waals surface area (Å²) in [4.78, 5) is 19.1. The summed E-state index contributed by atoms with van der Waals surface area (Å²) < 4.78 is 1.99. The van der Waals surface area contributed by atoms with Gasteiger partial charge in [-0.05, 0) is 0 Å². The number of carbonyl (C=O) groups is 1. The maximum atomic E-state index is 10.7. The SMILES string of the molecule is CC(C)c1nccn1Cc1csc(C(=O)O)n1. The average Bonchev–Trinajstić information content (AvgIpc) is 2.86. The van der Waals surface area contributed by atoms with Crippen molar-refractivity contribution in [3.05, 3.63) is 34.3 Å². The quantitative estimate of drug-likeness (QED) is 0.904.